The topological polar surface area (TPSA) is 272 Å². The zero-order valence-electron chi connectivity index (χ0n) is 54.4. The molecule has 510 valence electrons. The lowest BCUT2D eigenvalue weighted by molar-refractivity contribution is 0.0335. The number of hydrogen-bond acceptors (Lipinski definition) is 17. The van der Waals surface area contributed by atoms with Crippen molar-refractivity contribution in [3.63, 3.8) is 0 Å². The Labute approximate surface area is 565 Å². The number of sulfonamides is 1. The molecule has 4 aliphatic heterocycles. The molecule has 4 aromatic carbocycles. The first-order valence-corrected chi connectivity index (χ1v) is 37.2. The number of hydrogen-bond donors (Lipinski definition) is 6. The number of halogens is 2. The van der Waals surface area contributed by atoms with Crippen LogP contribution in [0, 0.1) is 40.4 Å². The fraction of sp³-hybridized carbons (Fsp3) is 0.588. The SMILES string of the molecule is C[C@@H]1C[C@H](C)CN([C@H]2Cc3c(C#N)cc(Cl)cc3[C@@H]2Oc2ccc(S(=O)(=O)C[C@@H]3CCN(CCOCCNC(=O)NCCCCNC(=O)NCCOCCN4CC[C@@H](NS(=O)(=O)c5ccc(O[C@H]6c7cc(Cl)cc(C#N)c7C[C@@H]6N6C[C@@H](C)N[C@@H](C)C6)cc5)C4)C3)cc2)C1. The van der Waals surface area contributed by atoms with E-state index in [2.05, 4.69) is 90.7 Å². The van der Waals surface area contributed by atoms with Gasteiger partial charge in [-0.05, 0) is 185 Å². The number of fused-ring (bicyclic) bond motifs is 2. The predicted octanol–water partition coefficient (Wildman–Crippen LogP) is 7.05. The normalized spacial score (nSPS) is 25.1. The first-order chi connectivity index (χ1) is 45.2. The number of carbonyl (C=O) groups excluding carboxylic acids is 2. The highest BCUT2D eigenvalue weighted by Crippen LogP contribution is 2.44. The molecule has 0 bridgehead atoms. The van der Waals surface area contributed by atoms with Gasteiger partial charge in [-0.1, -0.05) is 37.0 Å². The van der Waals surface area contributed by atoms with Crippen LogP contribution in [0.2, 0.25) is 10.0 Å². The number of nitriles is 2. The average Bonchev–Trinajstić information content (AvgIpc) is 1.62. The summed E-state index contributed by atoms with van der Waals surface area (Å²) < 4.78 is 82.2. The molecule has 4 fully saturated rings. The standard InChI is InChI=1S/C68H92Cl2N12O10S2/c1-45-29-46(2)39-81(38-45)63-34-59-50(36-71)30-52(69)32-61(59)65(63)91-55-7-11-57(12-8-55)93(85,86)44-49-15-21-79(42-49)23-27-89-25-19-75-67(83)73-17-5-6-18-74-68(84)76-20-26-90-28-24-80-22-16-54(43-80)78-94(87,88)58-13-9-56(10-14-58)92-66-62-33-53(70)31-51(37-72)60(62)35-64(66)82-40-47(3)77-48(4)41-82/h7-14,30-33,45-49,54,63-66,77-78H,5-6,15-29,34-35,38-44H2,1-4H3,(H2,73,75,83)(H2,74,76,84)/t45-,46+,47-,48+,49-,54-,63+,64+,65+,66+/m1/s1. The molecule has 4 saturated heterocycles. The van der Waals surface area contributed by atoms with E-state index in [0.717, 1.165) is 61.4 Å². The largest absolute Gasteiger partial charge is 0.484 e. The van der Waals surface area contributed by atoms with Gasteiger partial charge >= 0.3 is 12.1 Å². The average molecular weight is 1370 g/mol. The minimum Gasteiger partial charge on any atom is -0.484 e. The van der Waals surface area contributed by atoms with Crippen molar-refractivity contribution in [2.75, 3.05) is 124 Å². The Balaban J connectivity index is 0.529. The van der Waals surface area contributed by atoms with Gasteiger partial charge in [0.2, 0.25) is 10.0 Å². The van der Waals surface area contributed by atoms with Crippen molar-refractivity contribution in [1.29, 1.82) is 10.5 Å². The van der Waals surface area contributed by atoms with E-state index in [1.54, 1.807) is 60.7 Å². The lowest BCUT2D eigenvalue weighted by atomic mass is 9.90. The van der Waals surface area contributed by atoms with Gasteiger partial charge in [0.05, 0.1) is 77.3 Å². The van der Waals surface area contributed by atoms with Crippen molar-refractivity contribution in [2.24, 2.45) is 17.8 Å². The molecule has 4 heterocycles. The van der Waals surface area contributed by atoms with Gasteiger partial charge in [-0.25, -0.2) is 31.1 Å². The summed E-state index contributed by atoms with van der Waals surface area (Å²) >= 11 is 13.0. The second kappa shape index (κ2) is 32.9. The molecule has 6 aliphatic rings. The van der Waals surface area contributed by atoms with Crippen molar-refractivity contribution in [1.82, 2.24) is 50.9 Å². The van der Waals surface area contributed by atoms with Gasteiger partial charge in [-0.15, -0.1) is 0 Å². The number of rotatable bonds is 29. The smallest absolute Gasteiger partial charge is 0.314 e. The molecule has 10 rings (SSSR count). The molecule has 22 nitrogen and oxygen atoms in total. The predicted molar refractivity (Wildman–Crippen MR) is 361 cm³/mol. The number of nitrogens with one attached hydrogen (secondary N) is 6. The summed E-state index contributed by atoms with van der Waals surface area (Å²) in [4.78, 5) is 34.4. The summed E-state index contributed by atoms with van der Waals surface area (Å²) in [6, 6.07) is 24.8. The van der Waals surface area contributed by atoms with E-state index in [9.17, 15) is 36.9 Å². The van der Waals surface area contributed by atoms with Crippen LogP contribution in [0.1, 0.15) is 105 Å². The quantitative estimate of drug-likeness (QED) is 0.0297. The maximum atomic E-state index is 13.7. The van der Waals surface area contributed by atoms with E-state index in [1.165, 1.54) is 6.42 Å². The lowest BCUT2D eigenvalue weighted by Gasteiger charge is -2.41. The van der Waals surface area contributed by atoms with Gasteiger partial charge in [0, 0.05) is 107 Å². The Kier molecular flexibility index (Phi) is 24.9. The number of urea groups is 2. The number of nitrogens with zero attached hydrogens (tertiary/aromatic N) is 6. The molecule has 0 saturated carbocycles. The van der Waals surface area contributed by atoms with Crippen LogP contribution in [0.15, 0.2) is 82.6 Å². The van der Waals surface area contributed by atoms with E-state index in [4.69, 9.17) is 42.1 Å². The summed E-state index contributed by atoms with van der Waals surface area (Å²) in [6.07, 6.45) is 4.52. The highest BCUT2D eigenvalue weighted by Gasteiger charge is 2.44. The van der Waals surface area contributed by atoms with Crippen LogP contribution in [0.25, 0.3) is 0 Å². The number of sulfone groups is 1. The highest BCUT2D eigenvalue weighted by atomic mass is 35.5. The molecule has 2 aliphatic carbocycles. The molecule has 0 aromatic heterocycles. The van der Waals surface area contributed by atoms with Crippen molar-refractivity contribution >= 4 is 55.1 Å². The van der Waals surface area contributed by atoms with Gasteiger partial charge in [-0.3, -0.25) is 14.7 Å². The third kappa shape index (κ3) is 19.0. The number of ether oxygens (including phenoxy) is 4. The molecular weight excluding hydrogens is 1280 g/mol. The number of benzene rings is 4. The monoisotopic (exact) mass is 1370 g/mol. The van der Waals surface area contributed by atoms with Crippen LogP contribution in [0.4, 0.5) is 9.59 Å². The number of amides is 4. The van der Waals surface area contributed by atoms with E-state index in [-0.39, 0.29) is 69.8 Å². The molecule has 94 heavy (non-hydrogen) atoms. The highest BCUT2D eigenvalue weighted by molar-refractivity contribution is 7.91. The van der Waals surface area contributed by atoms with Crippen molar-refractivity contribution in [3.8, 4) is 23.6 Å². The van der Waals surface area contributed by atoms with Crippen LogP contribution < -0.4 is 40.8 Å². The van der Waals surface area contributed by atoms with Crippen molar-refractivity contribution in [2.45, 2.75) is 125 Å². The summed E-state index contributed by atoms with van der Waals surface area (Å²) in [5.74, 6) is 2.22. The van der Waals surface area contributed by atoms with Crippen LogP contribution in [0.3, 0.4) is 0 Å². The molecule has 26 heteroatoms. The maximum absolute atomic E-state index is 13.7. The number of piperidine rings is 1. The Bertz CT molecular complexity index is 3310. The summed E-state index contributed by atoms with van der Waals surface area (Å²) in [7, 11) is -7.38. The minimum absolute atomic E-state index is 0.00919. The van der Waals surface area contributed by atoms with Gasteiger partial charge in [0.15, 0.2) is 9.84 Å². The summed E-state index contributed by atoms with van der Waals surface area (Å²) in [5.41, 5.74) is 4.83. The third-order valence-corrected chi connectivity index (χ3v) is 22.8. The van der Waals surface area contributed by atoms with Crippen LogP contribution in [0.5, 0.6) is 11.5 Å². The van der Waals surface area contributed by atoms with Crippen LogP contribution in [-0.2, 0) is 42.2 Å². The zero-order valence-corrected chi connectivity index (χ0v) is 57.6. The Hall–Kier alpha value is -5.84. The van der Waals surface area contributed by atoms with Crippen LogP contribution in [-0.4, -0.2) is 203 Å². The van der Waals surface area contributed by atoms with Gasteiger partial charge in [0.25, 0.3) is 0 Å². The minimum atomic E-state index is -3.82. The van der Waals surface area contributed by atoms with Crippen LogP contribution >= 0.6 is 23.2 Å². The van der Waals surface area contributed by atoms with E-state index in [0.29, 0.717) is 162 Å². The molecule has 6 N–H and O–H groups in total. The molecule has 0 radical (unpaired) electrons. The number of carbonyl (C=O) groups is 2. The number of piperazine rings is 1. The van der Waals surface area contributed by atoms with Gasteiger partial charge in [-0.2, -0.15) is 10.5 Å². The fourth-order valence-corrected chi connectivity index (χ4v) is 18.1. The Morgan fingerprint density at radius 1 is 0.596 bits per heavy atom. The van der Waals surface area contributed by atoms with E-state index >= 15 is 0 Å². The fourth-order valence-electron chi connectivity index (χ4n) is 14.7. The summed E-state index contributed by atoms with van der Waals surface area (Å²) in [6.45, 7) is 19.5. The molecule has 0 unspecified atom stereocenters. The molecular formula is C68H92Cl2N12O10S2. The first kappa shape index (κ1) is 70.9. The summed E-state index contributed by atoms with van der Waals surface area (Å²) in [5, 5.41) is 35.7. The molecule has 0 spiro atoms. The van der Waals surface area contributed by atoms with Crippen molar-refractivity contribution < 1.29 is 45.4 Å². The lowest BCUT2D eigenvalue weighted by Crippen LogP contribution is -2.58. The zero-order chi connectivity index (χ0) is 66.5. The molecule has 4 amide bonds. The van der Waals surface area contributed by atoms with Gasteiger partial charge < -0.3 is 50.4 Å². The third-order valence-electron chi connectivity index (χ3n) is 18.9. The second-order valence-corrected chi connectivity index (χ2v) is 31.2. The Morgan fingerprint density at radius 2 is 1.06 bits per heavy atom. The van der Waals surface area contributed by atoms with Crippen molar-refractivity contribution in [3.05, 3.63) is 116 Å². The first-order valence-electron chi connectivity index (χ1n) is 33.3. The second-order valence-electron chi connectivity index (χ2n) is 26.6. The Morgan fingerprint density at radius 3 is 1.57 bits per heavy atom. The maximum Gasteiger partial charge on any atom is 0.314 e. The number of likely N-dealkylation sites (tertiary alicyclic amines) is 3. The molecule has 10 atom stereocenters. The molecule has 4 aromatic rings. The van der Waals surface area contributed by atoms with E-state index in [1.807, 2.05) is 12.1 Å². The number of unbranched alkanes of at least 4 members (excludes halogenated alkanes) is 1. The van der Waals surface area contributed by atoms with E-state index < -0.39 is 26.0 Å². The van der Waals surface area contributed by atoms with Gasteiger partial charge in [0.1, 0.15) is 23.7 Å².